The summed E-state index contributed by atoms with van der Waals surface area (Å²) >= 11 is 0. The number of aromatic nitrogens is 3. The zero-order chi connectivity index (χ0) is 30.5. The Kier molecular flexibility index (Phi) is 6.14. The monoisotopic (exact) mass is 585 g/mol. The van der Waals surface area contributed by atoms with E-state index in [9.17, 15) is 0 Å². The minimum absolute atomic E-state index is 0.943. The van der Waals surface area contributed by atoms with Gasteiger partial charge in [-0.15, -0.1) is 0 Å². The van der Waals surface area contributed by atoms with E-state index in [0.29, 0.717) is 0 Å². The lowest BCUT2D eigenvalue weighted by molar-refractivity contribution is 1.31. The fraction of sp³-hybridized carbons (Fsp3) is 0. The Hall–Kier alpha value is -6.19. The molecule has 0 bridgehead atoms. The van der Waals surface area contributed by atoms with Crippen molar-refractivity contribution in [2.45, 2.75) is 0 Å². The third-order valence-corrected chi connectivity index (χ3v) is 9.02. The molecule has 0 N–H and O–H groups in total. The van der Waals surface area contributed by atoms with Crippen LogP contribution >= 0.6 is 0 Å². The first-order chi connectivity index (χ1) is 22.8. The molecule has 3 nitrogen and oxygen atoms in total. The normalized spacial score (nSPS) is 11.5. The van der Waals surface area contributed by atoms with E-state index in [0.717, 1.165) is 39.2 Å². The van der Waals surface area contributed by atoms with E-state index in [2.05, 4.69) is 124 Å². The van der Waals surface area contributed by atoms with Gasteiger partial charge >= 0.3 is 0 Å². The van der Waals surface area contributed by atoms with Crippen LogP contribution in [0, 0.1) is 0 Å². The number of benzene rings is 6. The van der Waals surface area contributed by atoms with Crippen LogP contribution in [0.5, 0.6) is 0 Å². The van der Waals surface area contributed by atoms with Gasteiger partial charge in [0.15, 0.2) is 0 Å². The first kappa shape index (κ1) is 26.2. The Balaban J connectivity index is 1.24. The highest BCUT2D eigenvalue weighted by Gasteiger charge is 2.16. The Morgan fingerprint density at radius 2 is 0.891 bits per heavy atom. The maximum absolute atomic E-state index is 4.69. The van der Waals surface area contributed by atoms with Gasteiger partial charge in [0.25, 0.3) is 0 Å². The Bertz CT molecular complexity index is 2430. The molecule has 9 rings (SSSR count). The molecule has 46 heavy (non-hydrogen) atoms. The van der Waals surface area contributed by atoms with E-state index in [1.54, 1.807) is 0 Å². The van der Waals surface area contributed by atoms with Crippen molar-refractivity contribution >= 4 is 32.3 Å². The second-order valence-electron chi connectivity index (χ2n) is 11.7. The van der Waals surface area contributed by atoms with Gasteiger partial charge in [0, 0.05) is 35.9 Å². The standard InChI is InChI=1S/C43H27N3/c1-3-22-45-40(7-1)34-24-33(25-35(26-34)41-8-2-4-23-46-41)37-18-14-31-15-19-38-36(17-13-30-16-20-39(37)43(31)42(30)38)29-11-9-28(10-12-29)32-6-5-21-44-27-32/h1-27H. The molecule has 0 atom stereocenters. The third kappa shape index (κ3) is 4.41. The summed E-state index contributed by atoms with van der Waals surface area (Å²) < 4.78 is 0. The van der Waals surface area contributed by atoms with E-state index >= 15 is 0 Å². The molecule has 0 amide bonds. The van der Waals surface area contributed by atoms with Crippen LogP contribution in [-0.4, -0.2) is 15.0 Å². The second kappa shape index (κ2) is 10.8. The van der Waals surface area contributed by atoms with Crippen molar-refractivity contribution in [3.05, 3.63) is 164 Å². The molecule has 0 aliphatic heterocycles. The molecule has 0 aliphatic rings. The van der Waals surface area contributed by atoms with E-state index in [1.807, 2.05) is 55.1 Å². The zero-order valence-electron chi connectivity index (χ0n) is 24.9. The highest BCUT2D eigenvalue weighted by Crippen LogP contribution is 2.43. The van der Waals surface area contributed by atoms with Gasteiger partial charge in [0.1, 0.15) is 0 Å². The SMILES string of the molecule is c1ccc(-c2cc(-c3ccccn3)cc(-c3ccc4ccc5c(-c6ccc(-c7cccnc7)cc6)ccc6ccc3c4c65)c2)nc1. The number of rotatable bonds is 5. The molecule has 9 aromatic rings. The van der Waals surface area contributed by atoms with E-state index in [-0.39, 0.29) is 0 Å². The predicted molar refractivity (Wildman–Crippen MR) is 191 cm³/mol. The van der Waals surface area contributed by atoms with Crippen LogP contribution in [-0.2, 0) is 0 Å². The smallest absolute Gasteiger partial charge is 0.0702 e. The van der Waals surface area contributed by atoms with Crippen LogP contribution in [0.3, 0.4) is 0 Å². The minimum Gasteiger partial charge on any atom is -0.264 e. The summed E-state index contributed by atoms with van der Waals surface area (Å²) in [5.74, 6) is 0. The lowest BCUT2D eigenvalue weighted by Crippen LogP contribution is -1.92. The topological polar surface area (TPSA) is 38.7 Å². The molecule has 0 unspecified atom stereocenters. The summed E-state index contributed by atoms with van der Waals surface area (Å²) in [4.78, 5) is 13.7. The van der Waals surface area contributed by atoms with Crippen LogP contribution in [0.15, 0.2) is 164 Å². The van der Waals surface area contributed by atoms with Crippen molar-refractivity contribution in [1.82, 2.24) is 15.0 Å². The quantitative estimate of drug-likeness (QED) is 0.189. The Morgan fingerprint density at radius 3 is 1.43 bits per heavy atom. The predicted octanol–water partition coefficient (Wildman–Crippen LogP) is 11.1. The molecule has 6 aromatic carbocycles. The molecule has 0 saturated heterocycles. The molecular weight excluding hydrogens is 558 g/mol. The van der Waals surface area contributed by atoms with Gasteiger partial charge in [-0.25, -0.2) is 0 Å². The molecule has 0 radical (unpaired) electrons. The van der Waals surface area contributed by atoms with Crippen molar-refractivity contribution in [2.75, 3.05) is 0 Å². The highest BCUT2D eigenvalue weighted by atomic mass is 14.7. The van der Waals surface area contributed by atoms with E-state index in [1.165, 1.54) is 49.0 Å². The van der Waals surface area contributed by atoms with E-state index < -0.39 is 0 Å². The van der Waals surface area contributed by atoms with Gasteiger partial charge in [-0.1, -0.05) is 91.0 Å². The Morgan fingerprint density at radius 1 is 0.348 bits per heavy atom. The molecular formula is C43H27N3. The van der Waals surface area contributed by atoms with Crippen LogP contribution in [0.2, 0.25) is 0 Å². The minimum atomic E-state index is 0.943. The summed E-state index contributed by atoms with van der Waals surface area (Å²) in [6.45, 7) is 0. The highest BCUT2D eigenvalue weighted by molar-refractivity contribution is 6.27. The fourth-order valence-corrected chi connectivity index (χ4v) is 6.83. The lowest BCUT2D eigenvalue weighted by Gasteiger charge is -2.17. The van der Waals surface area contributed by atoms with Crippen LogP contribution in [0.25, 0.3) is 88.2 Å². The maximum Gasteiger partial charge on any atom is 0.0702 e. The second-order valence-corrected chi connectivity index (χ2v) is 11.7. The molecule has 3 heteroatoms. The van der Waals surface area contributed by atoms with Crippen LogP contribution < -0.4 is 0 Å². The zero-order valence-corrected chi connectivity index (χ0v) is 24.9. The van der Waals surface area contributed by atoms with Gasteiger partial charge in [0.2, 0.25) is 0 Å². The molecule has 214 valence electrons. The fourth-order valence-electron chi connectivity index (χ4n) is 6.83. The average Bonchev–Trinajstić information content (AvgIpc) is 3.14. The molecule has 3 heterocycles. The van der Waals surface area contributed by atoms with Gasteiger partial charge in [-0.2, -0.15) is 0 Å². The van der Waals surface area contributed by atoms with Crippen molar-refractivity contribution in [3.63, 3.8) is 0 Å². The van der Waals surface area contributed by atoms with Crippen molar-refractivity contribution in [3.8, 4) is 55.9 Å². The molecule has 0 spiro atoms. The molecule has 0 fully saturated rings. The summed E-state index contributed by atoms with van der Waals surface area (Å²) in [6, 6.07) is 49.9. The van der Waals surface area contributed by atoms with Crippen molar-refractivity contribution in [1.29, 1.82) is 0 Å². The van der Waals surface area contributed by atoms with Crippen molar-refractivity contribution < 1.29 is 0 Å². The largest absolute Gasteiger partial charge is 0.264 e. The van der Waals surface area contributed by atoms with Gasteiger partial charge < -0.3 is 0 Å². The number of hydrogen-bond acceptors (Lipinski definition) is 3. The summed E-state index contributed by atoms with van der Waals surface area (Å²) in [7, 11) is 0. The summed E-state index contributed by atoms with van der Waals surface area (Å²) in [6.07, 6.45) is 7.42. The average molecular weight is 586 g/mol. The van der Waals surface area contributed by atoms with Gasteiger partial charge in [0.05, 0.1) is 11.4 Å². The number of pyridine rings is 3. The number of nitrogens with zero attached hydrogens (tertiary/aromatic N) is 3. The summed E-state index contributed by atoms with van der Waals surface area (Å²) in [5, 5.41) is 7.59. The van der Waals surface area contributed by atoms with Crippen LogP contribution in [0.1, 0.15) is 0 Å². The maximum atomic E-state index is 4.69. The third-order valence-electron chi connectivity index (χ3n) is 9.02. The molecule has 3 aromatic heterocycles. The first-order valence-corrected chi connectivity index (χ1v) is 15.5. The van der Waals surface area contributed by atoms with Crippen molar-refractivity contribution in [2.24, 2.45) is 0 Å². The molecule has 0 aliphatic carbocycles. The van der Waals surface area contributed by atoms with Crippen LogP contribution in [0.4, 0.5) is 0 Å². The van der Waals surface area contributed by atoms with E-state index in [4.69, 9.17) is 0 Å². The van der Waals surface area contributed by atoms with Gasteiger partial charge in [-0.3, -0.25) is 15.0 Å². The summed E-state index contributed by atoms with van der Waals surface area (Å²) in [5.41, 5.74) is 11.1. The molecule has 0 saturated carbocycles. The Labute approximate surface area is 266 Å². The van der Waals surface area contributed by atoms with Gasteiger partial charge in [-0.05, 0) is 114 Å². The lowest BCUT2D eigenvalue weighted by atomic mass is 9.86. The number of hydrogen-bond donors (Lipinski definition) is 0. The first-order valence-electron chi connectivity index (χ1n) is 15.5.